The van der Waals surface area contributed by atoms with E-state index in [0.717, 1.165) is 0 Å². The van der Waals surface area contributed by atoms with Gasteiger partial charge >= 0.3 is 7.82 Å². The second-order valence-electron chi connectivity index (χ2n) is 2.48. The smallest absolute Gasteiger partial charge is 0.286 e. The number of hydrogen-bond acceptors (Lipinski definition) is 5. The predicted molar refractivity (Wildman–Crippen MR) is 54.9 cm³/mol. The third-order valence-electron chi connectivity index (χ3n) is 1.50. The average Bonchev–Trinajstić information content (AvgIpc) is 2.15. The van der Waals surface area contributed by atoms with Gasteiger partial charge < -0.3 is 0 Å². The van der Waals surface area contributed by atoms with Crippen LogP contribution in [0.25, 0.3) is 0 Å². The van der Waals surface area contributed by atoms with E-state index in [1.165, 1.54) is 0 Å². The molecule has 0 aromatic heterocycles. The Bertz CT molecular complexity index is 174. The van der Waals surface area contributed by atoms with E-state index in [-0.39, 0.29) is 0 Å². The maximum Gasteiger partial charge on any atom is 0.491 e. The summed E-state index contributed by atoms with van der Waals surface area (Å²) in [7, 11) is -3.38. The van der Waals surface area contributed by atoms with E-state index >= 15 is 0 Å². The highest BCUT2D eigenvalue weighted by atomic mass is 31.2. The van der Waals surface area contributed by atoms with Gasteiger partial charge in [-0.2, -0.15) is 9.69 Å². The van der Waals surface area contributed by atoms with Crippen molar-refractivity contribution in [3.8, 4) is 0 Å². The van der Waals surface area contributed by atoms with Gasteiger partial charge in [-0.1, -0.05) is 13.8 Å². The number of rotatable bonds is 8. The molecule has 14 heavy (non-hydrogen) atoms. The van der Waals surface area contributed by atoms with Crippen LogP contribution < -0.4 is 0 Å². The zero-order valence-corrected chi connectivity index (χ0v) is 10.3. The normalized spacial score (nSPS) is 12.4. The fraction of sp³-hybridized carbons (Fsp3) is 1.00. The van der Waals surface area contributed by atoms with E-state index < -0.39 is 7.82 Å². The van der Waals surface area contributed by atoms with E-state index in [4.69, 9.17) is 13.7 Å². The quantitative estimate of drug-likeness (QED) is 0.469. The van der Waals surface area contributed by atoms with Crippen molar-refractivity contribution in [2.75, 3.05) is 26.3 Å². The van der Waals surface area contributed by atoms with E-state index in [1.807, 2.05) is 13.8 Å². The van der Waals surface area contributed by atoms with Crippen LogP contribution in [0.4, 0.5) is 0 Å². The van der Waals surface area contributed by atoms with Crippen LogP contribution >= 0.6 is 7.82 Å². The summed E-state index contributed by atoms with van der Waals surface area (Å²) in [5.41, 5.74) is 0. The highest BCUT2D eigenvalue weighted by molar-refractivity contribution is 7.48. The molecule has 6 heteroatoms. The van der Waals surface area contributed by atoms with Gasteiger partial charge in [-0.05, 0) is 13.8 Å². The van der Waals surface area contributed by atoms with E-state index in [9.17, 15) is 4.57 Å². The minimum Gasteiger partial charge on any atom is -0.286 e. The number of nitrogens with zero attached hydrogens (tertiary/aromatic N) is 1. The lowest BCUT2D eigenvalue weighted by Crippen LogP contribution is -2.23. The number of hydrogen-bond donors (Lipinski definition) is 0. The molecule has 0 atom stereocenters. The highest BCUT2D eigenvalue weighted by Crippen LogP contribution is 2.49. The lowest BCUT2D eigenvalue weighted by Gasteiger charge is -2.23. The number of hydroxylamine groups is 2. The van der Waals surface area contributed by atoms with Gasteiger partial charge in [0.25, 0.3) is 0 Å². The molecule has 0 saturated carbocycles. The Morgan fingerprint density at radius 3 is 1.71 bits per heavy atom. The molecule has 0 unspecified atom stereocenters. The molecular weight excluding hydrogens is 205 g/mol. The van der Waals surface area contributed by atoms with Crippen LogP contribution in [0.2, 0.25) is 0 Å². The lowest BCUT2D eigenvalue weighted by atomic mass is 10.6. The van der Waals surface area contributed by atoms with Crippen molar-refractivity contribution in [3.05, 3.63) is 0 Å². The minimum absolute atomic E-state index is 0.304. The van der Waals surface area contributed by atoms with Crippen LogP contribution in [0.3, 0.4) is 0 Å². The van der Waals surface area contributed by atoms with Crippen LogP contribution in [0, 0.1) is 0 Å². The maximum atomic E-state index is 11.8. The third-order valence-corrected chi connectivity index (χ3v) is 3.08. The summed E-state index contributed by atoms with van der Waals surface area (Å²) in [6.45, 7) is 9.20. The molecule has 5 nitrogen and oxygen atoms in total. The van der Waals surface area contributed by atoms with Gasteiger partial charge in [0, 0.05) is 13.1 Å². The molecular formula is C8H20NO4P. The first kappa shape index (κ1) is 14.1. The van der Waals surface area contributed by atoms with Crippen molar-refractivity contribution in [2.24, 2.45) is 0 Å². The van der Waals surface area contributed by atoms with Crippen LogP contribution in [-0.2, 0) is 18.2 Å². The van der Waals surface area contributed by atoms with E-state index in [2.05, 4.69) is 0 Å². The second-order valence-corrected chi connectivity index (χ2v) is 4.05. The zero-order valence-electron chi connectivity index (χ0n) is 9.36. The molecule has 0 aromatic carbocycles. The van der Waals surface area contributed by atoms with Crippen molar-refractivity contribution in [1.82, 2.24) is 5.06 Å². The van der Waals surface area contributed by atoms with Crippen LogP contribution in [0.15, 0.2) is 0 Å². The van der Waals surface area contributed by atoms with Crippen LogP contribution in [0.1, 0.15) is 27.7 Å². The van der Waals surface area contributed by atoms with Crippen molar-refractivity contribution in [2.45, 2.75) is 27.7 Å². The summed E-state index contributed by atoms with van der Waals surface area (Å²) in [5, 5.41) is 1.55. The largest absolute Gasteiger partial charge is 0.491 e. The summed E-state index contributed by atoms with van der Waals surface area (Å²) in [6, 6.07) is 0. The first-order valence-electron chi connectivity index (χ1n) is 4.95. The summed E-state index contributed by atoms with van der Waals surface area (Å²) in [6.07, 6.45) is 0. The predicted octanol–water partition coefficient (Wildman–Crippen LogP) is 2.44. The molecule has 0 fully saturated rings. The zero-order chi connectivity index (χ0) is 11.0. The Labute approximate surface area is 85.9 Å². The van der Waals surface area contributed by atoms with Crippen molar-refractivity contribution in [3.63, 3.8) is 0 Å². The van der Waals surface area contributed by atoms with E-state index in [1.54, 1.807) is 18.9 Å². The standard InChI is InChI=1S/C8H20NO4P/c1-5-9(6-2)13-14(10,11-7-3)12-8-4/h5-8H2,1-4H3. The maximum absolute atomic E-state index is 11.8. The van der Waals surface area contributed by atoms with Crippen molar-refractivity contribution < 1.29 is 18.2 Å². The van der Waals surface area contributed by atoms with Crippen molar-refractivity contribution >= 4 is 7.82 Å². The monoisotopic (exact) mass is 225 g/mol. The molecule has 0 rings (SSSR count). The number of phosphoric acid groups is 1. The van der Waals surface area contributed by atoms with Crippen LogP contribution in [-0.4, -0.2) is 31.4 Å². The topological polar surface area (TPSA) is 48.0 Å². The Kier molecular flexibility index (Phi) is 7.41. The van der Waals surface area contributed by atoms with Gasteiger partial charge in [0.1, 0.15) is 0 Å². The van der Waals surface area contributed by atoms with Gasteiger partial charge in [0.05, 0.1) is 13.2 Å². The second kappa shape index (κ2) is 7.37. The molecule has 0 radical (unpaired) electrons. The summed E-state index contributed by atoms with van der Waals surface area (Å²) < 4.78 is 26.9. The van der Waals surface area contributed by atoms with Gasteiger partial charge in [0.2, 0.25) is 0 Å². The number of phosphoric ester groups is 1. The molecule has 0 aromatic rings. The van der Waals surface area contributed by atoms with Gasteiger partial charge in [0.15, 0.2) is 0 Å². The third kappa shape index (κ3) is 5.08. The van der Waals surface area contributed by atoms with Crippen LogP contribution in [0.5, 0.6) is 0 Å². The molecule has 0 aliphatic rings. The molecule has 0 amide bonds. The fourth-order valence-electron chi connectivity index (χ4n) is 0.881. The molecule has 0 aliphatic carbocycles. The molecule has 0 aliphatic heterocycles. The summed E-state index contributed by atoms with van der Waals surface area (Å²) in [5.74, 6) is 0. The van der Waals surface area contributed by atoms with Gasteiger partial charge in [-0.25, -0.2) is 4.57 Å². The van der Waals surface area contributed by atoms with E-state index in [0.29, 0.717) is 26.3 Å². The lowest BCUT2D eigenvalue weighted by molar-refractivity contribution is -0.0839. The Morgan fingerprint density at radius 1 is 1.00 bits per heavy atom. The molecule has 0 heterocycles. The fourth-order valence-corrected chi connectivity index (χ4v) is 2.20. The first-order chi connectivity index (χ1) is 6.61. The molecule has 0 N–H and O–H groups in total. The summed E-state index contributed by atoms with van der Waals surface area (Å²) in [4.78, 5) is 0. The molecule has 0 spiro atoms. The Balaban J connectivity index is 4.26. The van der Waals surface area contributed by atoms with Crippen molar-refractivity contribution in [1.29, 1.82) is 0 Å². The SMILES string of the molecule is CCOP(=O)(OCC)ON(CC)CC. The average molecular weight is 225 g/mol. The Hall–Kier alpha value is 0.0700. The molecule has 0 saturated heterocycles. The summed E-state index contributed by atoms with van der Waals surface area (Å²) >= 11 is 0. The highest BCUT2D eigenvalue weighted by Gasteiger charge is 2.28. The van der Waals surface area contributed by atoms with Gasteiger partial charge in [-0.3, -0.25) is 9.05 Å². The molecule has 86 valence electrons. The van der Waals surface area contributed by atoms with Gasteiger partial charge in [-0.15, -0.1) is 0 Å². The minimum atomic E-state index is -3.38. The first-order valence-corrected chi connectivity index (χ1v) is 6.41. The Morgan fingerprint density at radius 2 is 1.43 bits per heavy atom. The molecule has 0 bridgehead atoms.